The maximum atomic E-state index is 6.62. The minimum absolute atomic E-state index is 0.0965. The molecule has 15 atom stereocenters. The fourth-order valence-electron chi connectivity index (χ4n) is 6.69. The highest BCUT2D eigenvalue weighted by Gasteiger charge is 2.41. The quantitative estimate of drug-likeness (QED) is 0.407. The first-order valence-corrected chi connectivity index (χ1v) is 14.6. The van der Waals surface area contributed by atoms with Crippen LogP contribution in [0.4, 0.5) is 0 Å². The van der Waals surface area contributed by atoms with E-state index in [0.717, 1.165) is 6.61 Å². The topological polar surface area (TPSA) is 46.2 Å². The second kappa shape index (κ2) is 12.6. The highest BCUT2D eigenvalue weighted by molar-refractivity contribution is 4.88. The summed E-state index contributed by atoms with van der Waals surface area (Å²) < 4.78 is 31.7. The van der Waals surface area contributed by atoms with Gasteiger partial charge in [-0.25, -0.2) is 0 Å². The van der Waals surface area contributed by atoms with Crippen LogP contribution in [0.25, 0.3) is 0 Å². The number of hydrogen-bond donors (Lipinski definition) is 0. The van der Waals surface area contributed by atoms with Gasteiger partial charge in [0.25, 0.3) is 0 Å². The van der Waals surface area contributed by atoms with E-state index >= 15 is 0 Å². The molecule has 5 heteroatoms. The Labute approximate surface area is 216 Å². The van der Waals surface area contributed by atoms with Crippen molar-refractivity contribution in [1.29, 1.82) is 0 Å². The second-order valence-corrected chi connectivity index (χ2v) is 12.8. The predicted molar refractivity (Wildman–Crippen MR) is 141 cm³/mol. The molecular formula is C30H56O5. The molecule has 0 bridgehead atoms. The van der Waals surface area contributed by atoms with Crippen LogP contribution < -0.4 is 0 Å². The first-order chi connectivity index (χ1) is 16.4. The van der Waals surface area contributed by atoms with Crippen LogP contribution in [0.3, 0.4) is 0 Å². The van der Waals surface area contributed by atoms with E-state index in [1.54, 1.807) is 0 Å². The van der Waals surface area contributed by atoms with Crippen molar-refractivity contribution in [2.45, 2.75) is 113 Å². The summed E-state index contributed by atoms with van der Waals surface area (Å²) in [7, 11) is 0. The van der Waals surface area contributed by atoms with Crippen LogP contribution in [0.5, 0.6) is 0 Å². The number of rotatable bonds is 8. The van der Waals surface area contributed by atoms with Gasteiger partial charge in [0.2, 0.25) is 0 Å². The molecule has 0 spiro atoms. The molecule has 35 heavy (non-hydrogen) atoms. The highest BCUT2D eigenvalue weighted by atomic mass is 16.6. The van der Waals surface area contributed by atoms with Gasteiger partial charge in [-0.2, -0.15) is 0 Å². The molecule has 3 aliphatic heterocycles. The number of hydrogen-bond acceptors (Lipinski definition) is 5. The Morgan fingerprint density at radius 3 is 1.31 bits per heavy atom. The molecule has 0 N–H and O–H groups in total. The van der Waals surface area contributed by atoms with E-state index < -0.39 is 0 Å². The summed E-state index contributed by atoms with van der Waals surface area (Å²) in [5, 5.41) is 0. The smallest absolute Gasteiger partial charge is 0.0841 e. The fourth-order valence-corrected chi connectivity index (χ4v) is 6.69. The Kier molecular flexibility index (Phi) is 10.5. The molecule has 15 unspecified atom stereocenters. The van der Waals surface area contributed by atoms with E-state index in [4.69, 9.17) is 23.7 Å². The van der Waals surface area contributed by atoms with Crippen molar-refractivity contribution in [2.75, 3.05) is 26.4 Å². The minimum atomic E-state index is 0.0965. The summed E-state index contributed by atoms with van der Waals surface area (Å²) in [6.45, 7) is 27.8. The van der Waals surface area contributed by atoms with Crippen LogP contribution in [-0.4, -0.2) is 63.1 Å². The van der Waals surface area contributed by atoms with E-state index in [2.05, 4.69) is 76.2 Å². The van der Waals surface area contributed by atoms with Crippen molar-refractivity contribution >= 4 is 0 Å². The molecule has 0 aromatic carbocycles. The fraction of sp³-hybridized carbons (Fsp3) is 1.00. The van der Waals surface area contributed by atoms with Gasteiger partial charge in [-0.1, -0.05) is 55.4 Å². The van der Waals surface area contributed by atoms with E-state index in [1.165, 1.54) is 0 Å². The average molecular weight is 497 g/mol. The lowest BCUT2D eigenvalue weighted by Crippen LogP contribution is -2.50. The Morgan fingerprint density at radius 2 is 0.771 bits per heavy atom. The van der Waals surface area contributed by atoms with Crippen molar-refractivity contribution in [3.05, 3.63) is 0 Å². The van der Waals surface area contributed by atoms with Gasteiger partial charge in [0, 0.05) is 5.92 Å². The van der Waals surface area contributed by atoms with Gasteiger partial charge in [0.15, 0.2) is 0 Å². The lowest BCUT2D eigenvalue weighted by molar-refractivity contribution is -0.193. The average Bonchev–Trinajstić information content (AvgIpc) is 2.82. The van der Waals surface area contributed by atoms with Crippen LogP contribution in [0, 0.1) is 53.3 Å². The Morgan fingerprint density at radius 1 is 0.371 bits per heavy atom. The predicted octanol–water partition coefficient (Wildman–Crippen LogP) is 6.09. The summed E-state index contributed by atoms with van der Waals surface area (Å²) in [5.41, 5.74) is 0. The molecule has 3 heterocycles. The molecule has 3 fully saturated rings. The van der Waals surface area contributed by atoms with Crippen molar-refractivity contribution in [3.8, 4) is 0 Å². The van der Waals surface area contributed by atoms with Gasteiger partial charge < -0.3 is 23.7 Å². The third-order valence-electron chi connectivity index (χ3n) is 11.0. The van der Waals surface area contributed by atoms with E-state index in [9.17, 15) is 0 Å². The first-order valence-electron chi connectivity index (χ1n) is 14.6. The third-order valence-corrected chi connectivity index (χ3v) is 11.0. The van der Waals surface area contributed by atoms with Crippen LogP contribution >= 0.6 is 0 Å². The molecule has 5 nitrogen and oxygen atoms in total. The molecule has 0 aliphatic carbocycles. The van der Waals surface area contributed by atoms with Gasteiger partial charge in [-0.3, -0.25) is 0 Å². The SMILES string of the molecule is CC1OC(COCC2OC(COCC3C(C)OC(C)C(C)C3C)C(C)C(C)C2C)C(C)C(C)C1C. The van der Waals surface area contributed by atoms with E-state index in [-0.39, 0.29) is 30.5 Å². The molecular weight excluding hydrogens is 440 g/mol. The van der Waals surface area contributed by atoms with Gasteiger partial charge >= 0.3 is 0 Å². The van der Waals surface area contributed by atoms with Gasteiger partial charge in [0.05, 0.1) is 63.1 Å². The Balaban J connectivity index is 1.49. The van der Waals surface area contributed by atoms with Crippen LogP contribution in [-0.2, 0) is 23.7 Å². The molecule has 3 rings (SSSR count). The maximum Gasteiger partial charge on any atom is 0.0841 e. The zero-order chi connectivity index (χ0) is 26.0. The molecule has 0 amide bonds. The van der Waals surface area contributed by atoms with Crippen molar-refractivity contribution in [1.82, 2.24) is 0 Å². The number of ether oxygens (including phenoxy) is 5. The zero-order valence-electron chi connectivity index (χ0n) is 24.5. The van der Waals surface area contributed by atoms with Crippen LogP contribution in [0.2, 0.25) is 0 Å². The van der Waals surface area contributed by atoms with E-state index in [1.807, 2.05) is 0 Å². The molecule has 3 saturated heterocycles. The van der Waals surface area contributed by atoms with Gasteiger partial charge in [-0.15, -0.1) is 0 Å². The monoisotopic (exact) mass is 496 g/mol. The lowest BCUT2D eigenvalue weighted by Gasteiger charge is -2.45. The Hall–Kier alpha value is -0.200. The first kappa shape index (κ1) is 29.4. The van der Waals surface area contributed by atoms with E-state index in [0.29, 0.717) is 79.2 Å². The molecule has 0 aromatic rings. The molecule has 0 aromatic heterocycles. The standard InChI is InChI=1S/C30H56O5/c1-16-18(3)25(10)34-28(21(16)6)13-32-15-30-23(8)17(2)22(7)29(35-30)14-31-12-27-20(5)19(4)24(9)33-26(27)11/h16-30H,12-15H2,1-11H3. The van der Waals surface area contributed by atoms with Crippen molar-refractivity contribution < 1.29 is 23.7 Å². The van der Waals surface area contributed by atoms with Crippen LogP contribution in [0.15, 0.2) is 0 Å². The van der Waals surface area contributed by atoms with Gasteiger partial charge in [-0.05, 0) is 68.1 Å². The summed E-state index contributed by atoms with van der Waals surface area (Å²) in [6.07, 6.45) is 1.20. The lowest BCUT2D eigenvalue weighted by atomic mass is 9.76. The van der Waals surface area contributed by atoms with Crippen molar-refractivity contribution in [2.24, 2.45) is 53.3 Å². The molecule has 3 aliphatic rings. The summed E-state index contributed by atoms with van der Waals surface area (Å²) in [5.74, 6) is 4.79. The molecule has 0 saturated carbocycles. The zero-order valence-corrected chi connectivity index (χ0v) is 24.5. The summed E-state index contributed by atoms with van der Waals surface area (Å²) in [6, 6.07) is 0. The highest BCUT2D eigenvalue weighted by Crippen LogP contribution is 2.38. The van der Waals surface area contributed by atoms with Crippen LogP contribution in [0.1, 0.15) is 76.2 Å². The van der Waals surface area contributed by atoms with Crippen molar-refractivity contribution in [3.63, 3.8) is 0 Å². The normalized spacial score (nSPS) is 51.3. The summed E-state index contributed by atoms with van der Waals surface area (Å²) in [4.78, 5) is 0. The largest absolute Gasteiger partial charge is 0.378 e. The third kappa shape index (κ3) is 6.63. The van der Waals surface area contributed by atoms with Gasteiger partial charge in [0.1, 0.15) is 0 Å². The summed E-state index contributed by atoms with van der Waals surface area (Å²) >= 11 is 0. The second-order valence-electron chi connectivity index (χ2n) is 12.8. The maximum absolute atomic E-state index is 6.62. The molecule has 206 valence electrons. The molecule has 0 radical (unpaired) electrons. The Bertz CT molecular complexity index is 642. The minimum Gasteiger partial charge on any atom is -0.378 e.